The molecule has 0 unspecified atom stereocenters. The van der Waals surface area contributed by atoms with Gasteiger partial charge in [0.2, 0.25) is 0 Å². The van der Waals surface area contributed by atoms with Gasteiger partial charge >= 0.3 is 5.97 Å². The van der Waals surface area contributed by atoms with Crippen LogP contribution in [0.2, 0.25) is 0 Å². The molecule has 0 radical (unpaired) electrons. The molecule has 1 N–H and O–H groups in total. The lowest BCUT2D eigenvalue weighted by molar-refractivity contribution is 0.0696. The first kappa shape index (κ1) is 11.8. The number of nitrogens with zero attached hydrogens (tertiary/aromatic N) is 1. The quantitative estimate of drug-likeness (QED) is 0.884. The van der Waals surface area contributed by atoms with Gasteiger partial charge in [-0.05, 0) is 23.6 Å². The highest BCUT2D eigenvalue weighted by Crippen LogP contribution is 2.11. The minimum absolute atomic E-state index is 0.187. The molecule has 2 aromatic rings. The summed E-state index contributed by atoms with van der Waals surface area (Å²) in [7, 11) is 0. The fourth-order valence-electron chi connectivity index (χ4n) is 1.29. The number of thiophene rings is 1. The summed E-state index contributed by atoms with van der Waals surface area (Å²) in [6.07, 6.45) is 1.34. The molecule has 0 fully saturated rings. The molecule has 0 amide bonds. The van der Waals surface area contributed by atoms with Crippen molar-refractivity contribution in [3.8, 4) is 0 Å². The Kier molecular flexibility index (Phi) is 3.85. The van der Waals surface area contributed by atoms with E-state index in [2.05, 4.69) is 4.98 Å². The molecule has 2 aromatic heterocycles. The van der Waals surface area contributed by atoms with Crippen LogP contribution >= 0.6 is 11.3 Å². The van der Waals surface area contributed by atoms with Crippen molar-refractivity contribution in [3.63, 3.8) is 0 Å². The van der Waals surface area contributed by atoms with E-state index in [0.717, 1.165) is 10.6 Å². The molecule has 0 saturated heterocycles. The van der Waals surface area contributed by atoms with E-state index >= 15 is 0 Å². The Balaban J connectivity index is 1.85. The highest BCUT2D eigenvalue weighted by Gasteiger charge is 2.03. The smallest absolute Gasteiger partial charge is 0.337 e. The molecule has 17 heavy (non-hydrogen) atoms. The summed E-state index contributed by atoms with van der Waals surface area (Å²) in [5, 5.41) is 10.7. The molecule has 5 heteroatoms. The molecule has 0 aliphatic carbocycles. The Bertz CT molecular complexity index is 479. The normalized spacial score (nSPS) is 10.4. The van der Waals surface area contributed by atoms with Gasteiger partial charge in [0.05, 0.1) is 24.5 Å². The minimum Gasteiger partial charge on any atom is -0.478 e. The topological polar surface area (TPSA) is 59.4 Å². The van der Waals surface area contributed by atoms with Gasteiger partial charge in [0.15, 0.2) is 0 Å². The fourth-order valence-corrected chi connectivity index (χ4v) is 1.93. The molecule has 0 atom stereocenters. The summed E-state index contributed by atoms with van der Waals surface area (Å²) in [6.45, 7) is 0.942. The second kappa shape index (κ2) is 5.56. The van der Waals surface area contributed by atoms with Crippen molar-refractivity contribution in [1.82, 2.24) is 4.98 Å². The SMILES string of the molecule is O=C(O)c1ccc(COCc2cccs2)nc1. The van der Waals surface area contributed by atoms with Crippen molar-refractivity contribution < 1.29 is 14.6 Å². The number of aromatic nitrogens is 1. The van der Waals surface area contributed by atoms with E-state index in [1.807, 2.05) is 17.5 Å². The highest BCUT2D eigenvalue weighted by atomic mass is 32.1. The van der Waals surface area contributed by atoms with Gasteiger partial charge in [0.25, 0.3) is 0 Å². The van der Waals surface area contributed by atoms with Gasteiger partial charge in [-0.25, -0.2) is 4.79 Å². The van der Waals surface area contributed by atoms with E-state index in [4.69, 9.17) is 9.84 Å². The maximum absolute atomic E-state index is 10.6. The van der Waals surface area contributed by atoms with Gasteiger partial charge in [-0.15, -0.1) is 11.3 Å². The predicted molar refractivity (Wildman–Crippen MR) is 64.0 cm³/mol. The lowest BCUT2D eigenvalue weighted by Crippen LogP contribution is -2.00. The van der Waals surface area contributed by atoms with E-state index in [0.29, 0.717) is 13.2 Å². The zero-order valence-corrected chi connectivity index (χ0v) is 9.81. The average molecular weight is 249 g/mol. The molecule has 0 aromatic carbocycles. The molecule has 0 saturated carbocycles. The van der Waals surface area contributed by atoms with Gasteiger partial charge in [0, 0.05) is 11.1 Å². The number of aromatic carboxylic acids is 1. The Labute approximate surface area is 103 Å². The number of carboxylic acids is 1. The van der Waals surface area contributed by atoms with Crippen LogP contribution < -0.4 is 0 Å². The van der Waals surface area contributed by atoms with Crippen LogP contribution in [0.4, 0.5) is 0 Å². The largest absolute Gasteiger partial charge is 0.478 e. The highest BCUT2D eigenvalue weighted by molar-refractivity contribution is 7.09. The van der Waals surface area contributed by atoms with Gasteiger partial charge in [0.1, 0.15) is 0 Å². The van der Waals surface area contributed by atoms with Crippen LogP contribution in [0, 0.1) is 0 Å². The standard InChI is InChI=1S/C12H11NO3S/c14-12(15)9-3-4-10(13-6-9)7-16-8-11-2-1-5-17-11/h1-6H,7-8H2,(H,14,15). The summed E-state index contributed by atoms with van der Waals surface area (Å²) in [5.41, 5.74) is 0.915. The Morgan fingerprint density at radius 1 is 1.35 bits per heavy atom. The lowest BCUT2D eigenvalue weighted by atomic mass is 10.2. The van der Waals surface area contributed by atoms with E-state index in [9.17, 15) is 4.79 Å². The number of carbonyl (C=O) groups is 1. The summed E-state index contributed by atoms with van der Waals surface area (Å²) in [5.74, 6) is -0.969. The second-order valence-electron chi connectivity index (χ2n) is 3.42. The molecule has 0 bridgehead atoms. The minimum atomic E-state index is -0.969. The molecule has 0 aliphatic rings. The van der Waals surface area contributed by atoms with Crippen molar-refractivity contribution >= 4 is 17.3 Å². The number of ether oxygens (including phenoxy) is 1. The van der Waals surface area contributed by atoms with Crippen molar-refractivity contribution in [2.24, 2.45) is 0 Å². The molecular weight excluding hydrogens is 238 g/mol. The van der Waals surface area contributed by atoms with Crippen LogP contribution in [-0.4, -0.2) is 16.1 Å². The van der Waals surface area contributed by atoms with Crippen LogP contribution in [0.3, 0.4) is 0 Å². The number of pyridine rings is 1. The van der Waals surface area contributed by atoms with Crippen molar-refractivity contribution in [1.29, 1.82) is 0 Å². The number of hydrogen-bond donors (Lipinski definition) is 1. The number of rotatable bonds is 5. The first-order valence-electron chi connectivity index (χ1n) is 5.04. The average Bonchev–Trinajstić information content (AvgIpc) is 2.83. The van der Waals surface area contributed by atoms with Crippen LogP contribution in [0.5, 0.6) is 0 Å². The first-order valence-corrected chi connectivity index (χ1v) is 5.92. The van der Waals surface area contributed by atoms with E-state index in [1.54, 1.807) is 17.4 Å². The third-order valence-electron chi connectivity index (χ3n) is 2.15. The molecule has 0 aliphatic heterocycles. The van der Waals surface area contributed by atoms with Crippen LogP contribution in [0.25, 0.3) is 0 Å². The van der Waals surface area contributed by atoms with Gasteiger partial charge < -0.3 is 9.84 Å². The maximum atomic E-state index is 10.6. The van der Waals surface area contributed by atoms with E-state index in [-0.39, 0.29) is 5.56 Å². The molecular formula is C12H11NO3S. The summed E-state index contributed by atoms with van der Waals surface area (Å²) in [4.78, 5) is 15.8. The molecule has 4 nitrogen and oxygen atoms in total. The van der Waals surface area contributed by atoms with Gasteiger partial charge in [-0.2, -0.15) is 0 Å². The predicted octanol–water partition coefficient (Wildman–Crippen LogP) is 2.56. The lowest BCUT2D eigenvalue weighted by Gasteiger charge is -2.02. The summed E-state index contributed by atoms with van der Waals surface area (Å²) < 4.78 is 5.46. The number of hydrogen-bond acceptors (Lipinski definition) is 4. The first-order chi connectivity index (χ1) is 8.25. The molecule has 88 valence electrons. The summed E-state index contributed by atoms with van der Waals surface area (Å²) in [6, 6.07) is 7.17. The Morgan fingerprint density at radius 3 is 2.82 bits per heavy atom. The van der Waals surface area contributed by atoms with Crippen molar-refractivity contribution in [3.05, 3.63) is 52.0 Å². The fraction of sp³-hybridized carbons (Fsp3) is 0.167. The molecule has 2 heterocycles. The van der Waals surface area contributed by atoms with Crippen LogP contribution in [0.1, 0.15) is 20.9 Å². The molecule has 2 rings (SSSR count). The zero-order chi connectivity index (χ0) is 12.1. The Hall–Kier alpha value is -1.72. The second-order valence-corrected chi connectivity index (χ2v) is 4.45. The van der Waals surface area contributed by atoms with Crippen LogP contribution in [-0.2, 0) is 18.0 Å². The van der Waals surface area contributed by atoms with E-state index < -0.39 is 5.97 Å². The van der Waals surface area contributed by atoms with Crippen molar-refractivity contribution in [2.75, 3.05) is 0 Å². The zero-order valence-electron chi connectivity index (χ0n) is 9.00. The van der Waals surface area contributed by atoms with Crippen LogP contribution in [0.15, 0.2) is 35.8 Å². The third-order valence-corrected chi connectivity index (χ3v) is 3.00. The Morgan fingerprint density at radius 2 is 2.24 bits per heavy atom. The van der Waals surface area contributed by atoms with Gasteiger partial charge in [-0.1, -0.05) is 6.07 Å². The summed E-state index contributed by atoms with van der Waals surface area (Å²) >= 11 is 1.64. The number of carboxylic acid groups (broad SMARTS) is 1. The molecule has 0 spiro atoms. The monoisotopic (exact) mass is 249 g/mol. The third kappa shape index (κ3) is 3.37. The van der Waals surface area contributed by atoms with Gasteiger partial charge in [-0.3, -0.25) is 4.98 Å². The maximum Gasteiger partial charge on any atom is 0.337 e. The van der Waals surface area contributed by atoms with Crippen molar-refractivity contribution in [2.45, 2.75) is 13.2 Å². The van der Waals surface area contributed by atoms with E-state index in [1.165, 1.54) is 12.3 Å².